The molecule has 0 radical (unpaired) electrons. The number of aryl methyl sites for hydroxylation is 1. The number of hydrogen-bond acceptors (Lipinski definition) is 4. The predicted molar refractivity (Wildman–Crippen MR) is 104 cm³/mol. The van der Waals surface area contributed by atoms with Gasteiger partial charge in [-0.05, 0) is 44.1 Å². The molecule has 3 aromatic heterocycles. The van der Waals surface area contributed by atoms with E-state index in [4.69, 9.17) is 10.4 Å². The summed E-state index contributed by atoms with van der Waals surface area (Å²) in [4.78, 5) is 11.3. The van der Waals surface area contributed by atoms with Crippen LogP contribution < -0.4 is 5.49 Å². The summed E-state index contributed by atoms with van der Waals surface area (Å²) in [5.74, 6) is 0. The molecule has 0 fully saturated rings. The smallest absolute Gasteiger partial charge is 0.146 e. The molecular weight excluding hydrogens is 324 g/mol. The summed E-state index contributed by atoms with van der Waals surface area (Å²) in [6.07, 6.45) is 5.48. The van der Waals surface area contributed by atoms with Gasteiger partial charge in [0.05, 0.1) is 18.3 Å². The maximum absolute atomic E-state index is 8.71. The number of rotatable bonds is 7. The minimum Gasteiger partial charge on any atom is -0.325 e. The first-order chi connectivity index (χ1) is 12.6. The number of aromatic nitrogens is 4. The average Bonchev–Trinajstić information content (AvgIpc) is 2.90. The summed E-state index contributed by atoms with van der Waals surface area (Å²) < 4.78 is 4.15. The lowest BCUT2D eigenvalue weighted by atomic mass is 10.2. The van der Waals surface area contributed by atoms with Crippen LogP contribution in [-0.2, 0) is 13.1 Å². The maximum Gasteiger partial charge on any atom is 0.146 e. The van der Waals surface area contributed by atoms with Gasteiger partial charge < -0.3 is 14.0 Å². The monoisotopic (exact) mass is 352 g/mol. The largest absolute Gasteiger partial charge is 0.325 e. The van der Waals surface area contributed by atoms with E-state index in [1.165, 1.54) is 0 Å². The van der Waals surface area contributed by atoms with Gasteiger partial charge in [-0.3, -0.25) is 10.4 Å². The zero-order valence-electron chi connectivity index (χ0n) is 16.2. The third-order valence-corrected chi connectivity index (χ3v) is 5.26. The Balaban J connectivity index is 1.99. The second kappa shape index (κ2) is 7.83. The molecule has 3 rings (SSSR count). The van der Waals surface area contributed by atoms with Crippen molar-refractivity contribution >= 4 is 11.0 Å². The molecular formula is C20H28N6. The molecule has 0 aliphatic carbocycles. The van der Waals surface area contributed by atoms with E-state index in [0.717, 1.165) is 60.6 Å². The maximum atomic E-state index is 8.71. The first-order valence-corrected chi connectivity index (χ1v) is 9.27. The fourth-order valence-corrected chi connectivity index (χ4v) is 3.41. The Morgan fingerprint density at radius 2 is 1.96 bits per heavy atom. The minimum absolute atomic E-state index is 0.549. The van der Waals surface area contributed by atoms with Crippen LogP contribution in [0.5, 0.6) is 0 Å². The Morgan fingerprint density at radius 1 is 1.19 bits per heavy atom. The van der Waals surface area contributed by atoms with Gasteiger partial charge in [0.1, 0.15) is 11.1 Å². The van der Waals surface area contributed by atoms with Crippen molar-refractivity contribution in [1.82, 2.24) is 24.0 Å². The lowest BCUT2D eigenvalue weighted by Crippen LogP contribution is -2.31. The highest BCUT2D eigenvalue weighted by atomic mass is 15.2. The van der Waals surface area contributed by atoms with Crippen LogP contribution >= 0.6 is 0 Å². The Hall–Kier alpha value is -2.47. The van der Waals surface area contributed by atoms with Crippen molar-refractivity contribution in [3.63, 3.8) is 0 Å². The summed E-state index contributed by atoms with van der Waals surface area (Å²) >= 11 is 0. The zero-order valence-corrected chi connectivity index (χ0v) is 16.2. The highest BCUT2D eigenvalue weighted by molar-refractivity contribution is 5.80. The SMILES string of the molecule is CCN(CC)CCn1cnc2c(c(C)c(C)n2Cc2cccnc2)c1=N. The normalized spacial score (nSPS) is 11.6. The third-order valence-electron chi connectivity index (χ3n) is 5.26. The molecule has 0 aliphatic rings. The highest BCUT2D eigenvalue weighted by Crippen LogP contribution is 2.21. The quantitative estimate of drug-likeness (QED) is 0.711. The Bertz CT molecular complexity index is 934. The van der Waals surface area contributed by atoms with Gasteiger partial charge in [-0.25, -0.2) is 4.98 Å². The second-order valence-corrected chi connectivity index (χ2v) is 6.67. The van der Waals surface area contributed by atoms with Crippen LogP contribution in [0.1, 0.15) is 30.7 Å². The molecule has 26 heavy (non-hydrogen) atoms. The first-order valence-electron chi connectivity index (χ1n) is 9.27. The molecule has 0 unspecified atom stereocenters. The molecule has 3 aromatic rings. The fraction of sp³-hybridized carbons (Fsp3) is 0.450. The Kier molecular flexibility index (Phi) is 5.52. The van der Waals surface area contributed by atoms with E-state index in [-0.39, 0.29) is 0 Å². The van der Waals surface area contributed by atoms with E-state index in [0.29, 0.717) is 5.49 Å². The molecule has 0 bridgehead atoms. The van der Waals surface area contributed by atoms with Crippen molar-refractivity contribution in [2.75, 3.05) is 19.6 Å². The number of pyridine rings is 1. The van der Waals surface area contributed by atoms with Gasteiger partial charge in [0.25, 0.3) is 0 Å². The summed E-state index contributed by atoms with van der Waals surface area (Å²) in [7, 11) is 0. The van der Waals surface area contributed by atoms with Gasteiger partial charge in [-0.1, -0.05) is 19.9 Å². The molecule has 0 aliphatic heterocycles. The van der Waals surface area contributed by atoms with Crippen molar-refractivity contribution in [1.29, 1.82) is 5.41 Å². The zero-order chi connectivity index (χ0) is 18.7. The summed E-state index contributed by atoms with van der Waals surface area (Å²) in [6, 6.07) is 4.02. The molecule has 0 saturated heterocycles. The van der Waals surface area contributed by atoms with E-state index in [1.807, 2.05) is 23.2 Å². The van der Waals surface area contributed by atoms with Gasteiger partial charge in [0.15, 0.2) is 0 Å². The topological polar surface area (TPSA) is 62.7 Å². The molecule has 3 heterocycles. The van der Waals surface area contributed by atoms with Crippen LogP contribution in [0.4, 0.5) is 0 Å². The van der Waals surface area contributed by atoms with Gasteiger partial charge in [0.2, 0.25) is 0 Å². The molecule has 0 saturated carbocycles. The second-order valence-electron chi connectivity index (χ2n) is 6.67. The van der Waals surface area contributed by atoms with Gasteiger partial charge in [-0.15, -0.1) is 0 Å². The number of fused-ring (bicyclic) bond motifs is 1. The average molecular weight is 352 g/mol. The third kappa shape index (κ3) is 3.42. The van der Waals surface area contributed by atoms with Gasteiger partial charge in [0, 0.05) is 31.2 Å². The van der Waals surface area contributed by atoms with Crippen molar-refractivity contribution in [2.24, 2.45) is 0 Å². The van der Waals surface area contributed by atoms with Crippen molar-refractivity contribution in [3.8, 4) is 0 Å². The summed E-state index contributed by atoms with van der Waals surface area (Å²) in [5.41, 5.74) is 4.87. The highest BCUT2D eigenvalue weighted by Gasteiger charge is 2.15. The lowest BCUT2D eigenvalue weighted by Gasteiger charge is -2.18. The minimum atomic E-state index is 0.549. The molecule has 1 N–H and O–H groups in total. The van der Waals surface area contributed by atoms with Crippen LogP contribution in [0.2, 0.25) is 0 Å². The first kappa shape index (κ1) is 18.3. The number of nitrogens with zero attached hydrogens (tertiary/aromatic N) is 5. The number of likely N-dealkylation sites (N-methyl/N-ethyl adjacent to an activating group) is 1. The molecule has 0 atom stereocenters. The number of hydrogen-bond donors (Lipinski definition) is 1. The summed E-state index contributed by atoms with van der Waals surface area (Å²) in [6.45, 7) is 13.0. The molecule has 0 aromatic carbocycles. The molecule has 6 nitrogen and oxygen atoms in total. The van der Waals surface area contributed by atoms with Crippen LogP contribution in [0, 0.1) is 19.3 Å². The Labute approximate surface area is 154 Å². The van der Waals surface area contributed by atoms with E-state index in [1.54, 1.807) is 6.20 Å². The molecule has 138 valence electrons. The van der Waals surface area contributed by atoms with E-state index in [9.17, 15) is 0 Å². The summed E-state index contributed by atoms with van der Waals surface area (Å²) in [5, 5.41) is 9.66. The van der Waals surface area contributed by atoms with E-state index >= 15 is 0 Å². The van der Waals surface area contributed by atoms with Crippen LogP contribution in [-0.4, -0.2) is 43.6 Å². The van der Waals surface area contributed by atoms with E-state index < -0.39 is 0 Å². The van der Waals surface area contributed by atoms with Gasteiger partial charge >= 0.3 is 0 Å². The predicted octanol–water partition coefficient (Wildman–Crippen LogP) is 2.72. The Morgan fingerprint density at radius 3 is 2.62 bits per heavy atom. The van der Waals surface area contributed by atoms with Gasteiger partial charge in [-0.2, -0.15) is 0 Å². The van der Waals surface area contributed by atoms with Crippen molar-refractivity contribution in [3.05, 3.63) is 53.2 Å². The molecule has 6 heteroatoms. The number of nitrogens with one attached hydrogen (secondary N) is 1. The van der Waals surface area contributed by atoms with Crippen molar-refractivity contribution in [2.45, 2.75) is 40.8 Å². The van der Waals surface area contributed by atoms with Crippen LogP contribution in [0.15, 0.2) is 30.9 Å². The van der Waals surface area contributed by atoms with Crippen LogP contribution in [0.3, 0.4) is 0 Å². The van der Waals surface area contributed by atoms with Crippen molar-refractivity contribution < 1.29 is 0 Å². The standard InChI is InChI=1S/C20H28N6/c1-5-24(6-2)10-11-25-14-23-20-18(19(25)21)15(3)16(4)26(20)13-17-8-7-9-22-12-17/h7-9,12,14,21H,5-6,10-11,13H2,1-4H3. The molecule has 0 spiro atoms. The lowest BCUT2D eigenvalue weighted by molar-refractivity contribution is 0.288. The molecule has 0 amide bonds. The fourth-order valence-electron chi connectivity index (χ4n) is 3.41. The van der Waals surface area contributed by atoms with E-state index in [2.05, 4.69) is 48.2 Å². The van der Waals surface area contributed by atoms with Crippen LogP contribution in [0.25, 0.3) is 11.0 Å².